The first-order chi connectivity index (χ1) is 20.0. The summed E-state index contributed by atoms with van der Waals surface area (Å²) in [5, 5.41) is 12.7. The number of aromatic nitrogens is 2. The van der Waals surface area contributed by atoms with Gasteiger partial charge in [0.15, 0.2) is 0 Å². The molecule has 41 heavy (non-hydrogen) atoms. The Morgan fingerprint density at radius 3 is 2.66 bits per heavy atom. The summed E-state index contributed by atoms with van der Waals surface area (Å²) in [6, 6.07) is 17.1. The molecule has 0 aliphatic carbocycles. The molecule has 2 aliphatic rings. The monoisotopic (exact) mass is 608 g/mol. The second kappa shape index (κ2) is 12.3. The van der Waals surface area contributed by atoms with Crippen molar-refractivity contribution in [1.29, 1.82) is 0 Å². The Balaban J connectivity index is 1.50. The Labute approximate surface area is 251 Å². The first-order valence-corrected chi connectivity index (χ1v) is 15.7. The number of amides is 2. The number of benzene rings is 2. The van der Waals surface area contributed by atoms with Crippen molar-refractivity contribution in [2.75, 3.05) is 37.5 Å². The fourth-order valence-corrected chi connectivity index (χ4v) is 7.25. The molecule has 1 fully saturated rings. The van der Waals surface area contributed by atoms with Gasteiger partial charge in [0.2, 0.25) is 11.8 Å². The van der Waals surface area contributed by atoms with Gasteiger partial charge in [-0.2, -0.15) is 16.4 Å². The molecule has 2 amide bonds. The van der Waals surface area contributed by atoms with E-state index < -0.39 is 0 Å². The van der Waals surface area contributed by atoms with Crippen LogP contribution >= 0.6 is 34.7 Å². The van der Waals surface area contributed by atoms with Crippen LogP contribution < -0.4 is 15.0 Å². The van der Waals surface area contributed by atoms with Gasteiger partial charge in [-0.1, -0.05) is 23.7 Å². The van der Waals surface area contributed by atoms with E-state index in [9.17, 15) is 9.59 Å². The van der Waals surface area contributed by atoms with Gasteiger partial charge in [-0.15, -0.1) is 11.8 Å². The summed E-state index contributed by atoms with van der Waals surface area (Å²) in [5.41, 5.74) is 4.31. The van der Waals surface area contributed by atoms with E-state index in [-0.39, 0.29) is 35.5 Å². The van der Waals surface area contributed by atoms with Crippen LogP contribution in [-0.2, 0) is 14.3 Å². The molecule has 11 heteroatoms. The van der Waals surface area contributed by atoms with Crippen LogP contribution in [0.3, 0.4) is 0 Å². The van der Waals surface area contributed by atoms with Crippen molar-refractivity contribution >= 4 is 52.3 Å². The maximum atomic E-state index is 13.8. The zero-order chi connectivity index (χ0) is 28.3. The smallest absolute Gasteiger partial charge is 0.240 e. The van der Waals surface area contributed by atoms with Gasteiger partial charge in [-0.05, 0) is 71.6 Å². The lowest BCUT2D eigenvalue weighted by atomic mass is 10.0. The third-order valence-corrected chi connectivity index (χ3v) is 9.43. The van der Waals surface area contributed by atoms with Crippen LogP contribution in [-0.4, -0.2) is 60.3 Å². The maximum Gasteiger partial charge on any atom is 0.240 e. The Bertz CT molecular complexity index is 1520. The topological polar surface area (TPSA) is 85.7 Å². The van der Waals surface area contributed by atoms with Gasteiger partial charge in [0.05, 0.1) is 35.6 Å². The highest BCUT2D eigenvalue weighted by molar-refractivity contribution is 8.00. The van der Waals surface area contributed by atoms with Crippen molar-refractivity contribution in [1.82, 2.24) is 15.1 Å². The van der Waals surface area contributed by atoms with Crippen molar-refractivity contribution in [3.8, 4) is 22.7 Å². The minimum absolute atomic E-state index is 0.00853. The van der Waals surface area contributed by atoms with Crippen molar-refractivity contribution in [2.24, 2.45) is 0 Å². The van der Waals surface area contributed by atoms with Gasteiger partial charge in [0.25, 0.3) is 0 Å². The average molecular weight is 609 g/mol. The third kappa shape index (κ3) is 5.88. The van der Waals surface area contributed by atoms with Gasteiger partial charge >= 0.3 is 0 Å². The number of nitrogens with one attached hydrogen (secondary N) is 1. The van der Waals surface area contributed by atoms with E-state index in [0.29, 0.717) is 29.7 Å². The minimum atomic E-state index is -0.241. The molecule has 2 aromatic heterocycles. The molecule has 0 unspecified atom stereocenters. The molecule has 4 heterocycles. The maximum absolute atomic E-state index is 13.8. The van der Waals surface area contributed by atoms with E-state index in [2.05, 4.69) is 16.8 Å². The third-order valence-electron chi connectivity index (χ3n) is 7.22. The van der Waals surface area contributed by atoms with E-state index in [1.165, 1.54) is 0 Å². The summed E-state index contributed by atoms with van der Waals surface area (Å²) in [5.74, 6) is 1.11. The van der Waals surface area contributed by atoms with Gasteiger partial charge in [-0.25, -0.2) is 4.68 Å². The average Bonchev–Trinajstić information content (AvgIpc) is 3.77. The first kappa shape index (κ1) is 27.8. The summed E-state index contributed by atoms with van der Waals surface area (Å²) in [6.45, 7) is 1.01. The fraction of sp³-hybridized carbons (Fsp3) is 0.300. The lowest BCUT2D eigenvalue weighted by molar-refractivity contribution is -0.123. The largest absolute Gasteiger partial charge is 0.497 e. The molecule has 0 spiro atoms. The summed E-state index contributed by atoms with van der Waals surface area (Å²) in [7, 11) is 1.62. The van der Waals surface area contributed by atoms with Crippen LogP contribution in [0, 0.1) is 0 Å². The Morgan fingerprint density at radius 2 is 1.98 bits per heavy atom. The van der Waals surface area contributed by atoms with Crippen molar-refractivity contribution in [3.05, 3.63) is 81.5 Å². The van der Waals surface area contributed by atoms with Crippen LogP contribution in [0.2, 0.25) is 5.02 Å². The number of methoxy groups -OCH3 is 1. The second-order valence-corrected chi connectivity index (χ2v) is 12.2. The highest BCUT2D eigenvalue weighted by atomic mass is 35.5. The van der Waals surface area contributed by atoms with E-state index in [1.807, 2.05) is 53.9 Å². The lowest BCUT2D eigenvalue weighted by Gasteiger charge is -2.23. The molecule has 1 N–H and O–H groups in total. The normalized spacial score (nSPS) is 18.7. The fourth-order valence-electron chi connectivity index (χ4n) is 5.16. The number of hydrogen-bond donors (Lipinski definition) is 1. The quantitative estimate of drug-likeness (QED) is 0.275. The molecule has 2 aromatic carbocycles. The number of anilines is 1. The summed E-state index contributed by atoms with van der Waals surface area (Å²) < 4.78 is 12.8. The Kier molecular flexibility index (Phi) is 8.34. The SMILES string of the molecule is COc1ccc(-n2nc(-c3ccc(Cl)cc3)c3c2N(CC(=O)NC[C@H]2CCCO2)C(=O)CS[C@@H]3c2ccsc2)cc1. The van der Waals surface area contributed by atoms with Crippen LogP contribution in [0.5, 0.6) is 5.75 Å². The Hall–Kier alpha value is -3.31. The van der Waals surface area contributed by atoms with E-state index in [1.54, 1.807) is 39.8 Å². The number of thioether (sulfide) groups is 1. The zero-order valence-corrected chi connectivity index (χ0v) is 24.8. The number of nitrogens with zero attached hydrogens (tertiary/aromatic N) is 3. The number of fused-ring (bicyclic) bond motifs is 1. The summed E-state index contributed by atoms with van der Waals surface area (Å²) >= 11 is 9.40. The molecule has 6 rings (SSSR count). The second-order valence-electron chi connectivity index (χ2n) is 9.87. The molecular formula is C30H29ClN4O4S2. The van der Waals surface area contributed by atoms with Crippen LogP contribution in [0.15, 0.2) is 65.4 Å². The van der Waals surface area contributed by atoms with Crippen molar-refractivity contribution in [2.45, 2.75) is 24.2 Å². The van der Waals surface area contributed by atoms with E-state index in [4.69, 9.17) is 26.2 Å². The first-order valence-electron chi connectivity index (χ1n) is 13.4. The molecule has 8 nitrogen and oxygen atoms in total. The number of hydrogen-bond acceptors (Lipinski definition) is 7. The number of thiophene rings is 1. The Morgan fingerprint density at radius 1 is 1.17 bits per heavy atom. The highest BCUT2D eigenvalue weighted by Crippen LogP contribution is 2.49. The zero-order valence-electron chi connectivity index (χ0n) is 22.4. The molecule has 4 aromatic rings. The minimum Gasteiger partial charge on any atom is -0.497 e. The number of carbonyl (C=O) groups is 2. The predicted octanol–water partition coefficient (Wildman–Crippen LogP) is 5.73. The summed E-state index contributed by atoms with van der Waals surface area (Å²) in [4.78, 5) is 28.6. The van der Waals surface area contributed by atoms with E-state index >= 15 is 0 Å². The number of halogens is 1. The molecule has 2 atom stereocenters. The molecule has 1 saturated heterocycles. The number of carbonyl (C=O) groups excluding carboxylic acids is 2. The lowest BCUT2D eigenvalue weighted by Crippen LogP contribution is -2.44. The number of ether oxygens (including phenoxy) is 2. The van der Waals surface area contributed by atoms with Gasteiger partial charge < -0.3 is 14.8 Å². The molecular weight excluding hydrogens is 580 g/mol. The molecule has 0 bridgehead atoms. The van der Waals surface area contributed by atoms with E-state index in [0.717, 1.165) is 40.9 Å². The molecule has 2 aliphatic heterocycles. The number of rotatable bonds is 8. The summed E-state index contributed by atoms with van der Waals surface area (Å²) in [6.07, 6.45) is 1.92. The standard InChI is InChI=1S/C30H29ClN4O4S2/c1-38-23-10-8-22(9-11-23)35-30-27(28(33-35)19-4-6-21(31)7-5-19)29(20-12-14-40-17-20)41-18-26(37)34(30)16-25(36)32-15-24-3-2-13-39-24/h4-12,14,17,24,29H,2-3,13,15-16,18H2,1H3,(H,32,36)/t24-,29-/m1/s1. The van der Waals surface area contributed by atoms with Crippen LogP contribution in [0.1, 0.15) is 29.2 Å². The van der Waals surface area contributed by atoms with Crippen molar-refractivity contribution in [3.63, 3.8) is 0 Å². The van der Waals surface area contributed by atoms with Crippen molar-refractivity contribution < 1.29 is 19.1 Å². The van der Waals surface area contributed by atoms with Crippen LogP contribution in [0.4, 0.5) is 5.82 Å². The highest BCUT2D eigenvalue weighted by Gasteiger charge is 2.38. The van der Waals surface area contributed by atoms with Gasteiger partial charge in [0.1, 0.15) is 18.1 Å². The molecule has 0 saturated carbocycles. The molecule has 0 radical (unpaired) electrons. The molecule has 212 valence electrons. The predicted molar refractivity (Wildman–Crippen MR) is 164 cm³/mol. The van der Waals surface area contributed by atoms with Gasteiger partial charge in [0, 0.05) is 29.3 Å². The van der Waals surface area contributed by atoms with Crippen LogP contribution in [0.25, 0.3) is 16.9 Å². The van der Waals surface area contributed by atoms with Gasteiger partial charge in [-0.3, -0.25) is 14.5 Å².